The van der Waals surface area contributed by atoms with Crippen LogP contribution in [0.15, 0.2) is 18.2 Å². The van der Waals surface area contributed by atoms with E-state index < -0.39 is 0 Å². The van der Waals surface area contributed by atoms with Gasteiger partial charge < -0.3 is 15.2 Å². The molecule has 2 rings (SSSR count). The van der Waals surface area contributed by atoms with Crippen LogP contribution < -0.4 is 10.1 Å². The summed E-state index contributed by atoms with van der Waals surface area (Å²) in [4.78, 5) is 12.0. The van der Waals surface area contributed by atoms with Crippen LogP contribution in [-0.2, 0) is 0 Å². The third-order valence-electron chi connectivity index (χ3n) is 3.21. The number of benzene rings is 1. The lowest BCUT2D eigenvalue weighted by molar-refractivity contribution is 0.0934. The largest absolute Gasteiger partial charge is 0.507 e. The van der Waals surface area contributed by atoms with Crippen LogP contribution >= 0.6 is 0 Å². The minimum atomic E-state index is -0.233. The summed E-state index contributed by atoms with van der Waals surface area (Å²) < 4.78 is 4.98. The monoisotopic (exact) mass is 249 g/mol. The number of methoxy groups -OCH3 is 1. The zero-order valence-corrected chi connectivity index (χ0v) is 10.8. The summed E-state index contributed by atoms with van der Waals surface area (Å²) >= 11 is 0. The zero-order chi connectivity index (χ0) is 13.1. The Morgan fingerprint density at radius 2 is 2.28 bits per heavy atom. The van der Waals surface area contributed by atoms with E-state index in [1.54, 1.807) is 12.1 Å². The summed E-state index contributed by atoms with van der Waals surface area (Å²) in [7, 11) is 1.52. The van der Waals surface area contributed by atoms with Crippen molar-refractivity contribution in [3.8, 4) is 11.5 Å². The van der Waals surface area contributed by atoms with Crippen LogP contribution in [0.25, 0.3) is 0 Å². The van der Waals surface area contributed by atoms with Crippen molar-refractivity contribution < 1.29 is 14.6 Å². The first-order chi connectivity index (χ1) is 8.60. The van der Waals surface area contributed by atoms with Gasteiger partial charge >= 0.3 is 0 Å². The number of ether oxygens (including phenoxy) is 1. The van der Waals surface area contributed by atoms with Gasteiger partial charge in [0.05, 0.1) is 12.7 Å². The molecule has 98 valence electrons. The molecule has 0 spiro atoms. The van der Waals surface area contributed by atoms with E-state index in [0.29, 0.717) is 11.3 Å². The van der Waals surface area contributed by atoms with Gasteiger partial charge in [0.2, 0.25) is 0 Å². The minimum Gasteiger partial charge on any atom is -0.507 e. The fraction of sp³-hybridized carbons (Fsp3) is 0.500. The molecule has 2 N–H and O–H groups in total. The lowest BCUT2D eigenvalue weighted by Crippen LogP contribution is -2.32. The maximum atomic E-state index is 12.0. The molecule has 1 atom stereocenters. The number of hydrogen-bond donors (Lipinski definition) is 2. The summed E-state index contributed by atoms with van der Waals surface area (Å²) in [6.07, 6.45) is 3.56. The van der Waals surface area contributed by atoms with E-state index in [-0.39, 0.29) is 17.7 Å². The van der Waals surface area contributed by atoms with Gasteiger partial charge in [-0.3, -0.25) is 4.79 Å². The maximum absolute atomic E-state index is 12.0. The van der Waals surface area contributed by atoms with E-state index in [9.17, 15) is 9.90 Å². The van der Waals surface area contributed by atoms with Crippen LogP contribution in [0.4, 0.5) is 0 Å². The zero-order valence-electron chi connectivity index (χ0n) is 10.8. The SMILES string of the molecule is COc1ccc(C(=O)NC(C)CC2CC2)c(O)c1. The van der Waals surface area contributed by atoms with E-state index in [1.165, 1.54) is 26.0 Å². The van der Waals surface area contributed by atoms with Crippen LogP contribution in [0.3, 0.4) is 0 Å². The lowest BCUT2D eigenvalue weighted by Gasteiger charge is -2.14. The second kappa shape index (κ2) is 5.29. The van der Waals surface area contributed by atoms with Gasteiger partial charge in [-0.1, -0.05) is 12.8 Å². The van der Waals surface area contributed by atoms with Crippen molar-refractivity contribution in [2.24, 2.45) is 5.92 Å². The molecule has 1 aliphatic carbocycles. The highest BCUT2D eigenvalue weighted by Gasteiger charge is 2.24. The summed E-state index contributed by atoms with van der Waals surface area (Å²) in [5, 5.41) is 12.7. The standard InChI is InChI=1S/C14H19NO3/c1-9(7-10-3-4-10)15-14(17)12-6-5-11(18-2)8-13(12)16/h5-6,8-10,16H,3-4,7H2,1-2H3,(H,15,17). The fourth-order valence-corrected chi connectivity index (χ4v) is 2.04. The molecule has 1 amide bonds. The molecule has 18 heavy (non-hydrogen) atoms. The molecule has 1 aromatic carbocycles. The van der Waals surface area contributed by atoms with Gasteiger partial charge in [0.1, 0.15) is 11.5 Å². The highest BCUT2D eigenvalue weighted by Crippen LogP contribution is 2.33. The van der Waals surface area contributed by atoms with Crippen molar-refractivity contribution in [2.75, 3.05) is 7.11 Å². The quantitative estimate of drug-likeness (QED) is 0.842. The van der Waals surface area contributed by atoms with E-state index in [1.807, 2.05) is 6.92 Å². The molecular weight excluding hydrogens is 230 g/mol. The predicted octanol–water partition coefficient (Wildman–Crippen LogP) is 2.32. The van der Waals surface area contributed by atoms with Gasteiger partial charge in [0.25, 0.3) is 5.91 Å². The molecule has 1 fully saturated rings. The normalized spacial score (nSPS) is 16.1. The second-order valence-electron chi connectivity index (χ2n) is 4.94. The fourth-order valence-electron chi connectivity index (χ4n) is 2.04. The number of hydrogen-bond acceptors (Lipinski definition) is 3. The van der Waals surface area contributed by atoms with E-state index in [0.717, 1.165) is 12.3 Å². The van der Waals surface area contributed by atoms with Crippen LogP contribution in [0.1, 0.15) is 36.5 Å². The number of phenolic OH excluding ortho intramolecular Hbond substituents is 1. The number of amides is 1. The lowest BCUT2D eigenvalue weighted by atomic mass is 10.1. The highest BCUT2D eigenvalue weighted by atomic mass is 16.5. The number of nitrogens with one attached hydrogen (secondary N) is 1. The number of carbonyl (C=O) groups excluding carboxylic acids is 1. The molecule has 0 aliphatic heterocycles. The summed E-state index contributed by atoms with van der Waals surface area (Å²) in [5.74, 6) is 1.02. The van der Waals surface area contributed by atoms with Crippen LogP contribution in [0, 0.1) is 5.92 Å². The first-order valence-corrected chi connectivity index (χ1v) is 6.28. The Morgan fingerprint density at radius 1 is 1.56 bits per heavy atom. The van der Waals surface area contributed by atoms with Gasteiger partial charge in [-0.15, -0.1) is 0 Å². The number of carbonyl (C=O) groups is 1. The van der Waals surface area contributed by atoms with Gasteiger partial charge in [-0.25, -0.2) is 0 Å². The molecule has 1 aromatic rings. The average molecular weight is 249 g/mol. The van der Waals surface area contributed by atoms with Crippen molar-refractivity contribution in [3.63, 3.8) is 0 Å². The first-order valence-electron chi connectivity index (χ1n) is 6.28. The molecule has 0 heterocycles. The molecule has 1 unspecified atom stereocenters. The van der Waals surface area contributed by atoms with Gasteiger partial charge in [-0.05, 0) is 31.4 Å². The summed E-state index contributed by atoms with van der Waals surface area (Å²) in [5.41, 5.74) is 0.290. The van der Waals surface area contributed by atoms with Crippen molar-refractivity contribution in [3.05, 3.63) is 23.8 Å². The van der Waals surface area contributed by atoms with Gasteiger partial charge in [-0.2, -0.15) is 0 Å². The predicted molar refractivity (Wildman–Crippen MR) is 68.9 cm³/mol. The molecule has 0 bridgehead atoms. The Hall–Kier alpha value is -1.71. The Kier molecular flexibility index (Phi) is 3.75. The third-order valence-corrected chi connectivity index (χ3v) is 3.21. The topological polar surface area (TPSA) is 58.6 Å². The Bertz CT molecular complexity index is 441. The maximum Gasteiger partial charge on any atom is 0.255 e. The Balaban J connectivity index is 1.98. The molecule has 4 nitrogen and oxygen atoms in total. The second-order valence-corrected chi connectivity index (χ2v) is 4.94. The number of rotatable bonds is 5. The minimum absolute atomic E-state index is 0.0505. The van der Waals surface area contributed by atoms with E-state index in [4.69, 9.17) is 4.74 Å². The molecule has 0 radical (unpaired) electrons. The van der Waals surface area contributed by atoms with Crippen LogP contribution in [-0.4, -0.2) is 24.2 Å². The molecule has 4 heteroatoms. The third kappa shape index (κ3) is 3.15. The van der Waals surface area contributed by atoms with Crippen molar-refractivity contribution >= 4 is 5.91 Å². The van der Waals surface area contributed by atoms with Gasteiger partial charge in [0.15, 0.2) is 0 Å². The molecule has 1 saturated carbocycles. The van der Waals surface area contributed by atoms with E-state index >= 15 is 0 Å². The molecule has 0 saturated heterocycles. The Morgan fingerprint density at radius 3 is 2.83 bits per heavy atom. The first kappa shape index (κ1) is 12.7. The molecular formula is C14H19NO3. The molecule has 0 aromatic heterocycles. The number of aromatic hydroxyl groups is 1. The Labute approximate surface area is 107 Å². The van der Waals surface area contributed by atoms with Crippen LogP contribution in [0.2, 0.25) is 0 Å². The van der Waals surface area contributed by atoms with Gasteiger partial charge in [0, 0.05) is 12.1 Å². The van der Waals surface area contributed by atoms with Crippen molar-refractivity contribution in [1.29, 1.82) is 0 Å². The summed E-state index contributed by atoms with van der Waals surface area (Å²) in [6.45, 7) is 2.00. The number of phenols is 1. The van der Waals surface area contributed by atoms with E-state index in [2.05, 4.69) is 5.32 Å². The average Bonchev–Trinajstić information content (AvgIpc) is 3.12. The highest BCUT2D eigenvalue weighted by molar-refractivity contribution is 5.97. The smallest absolute Gasteiger partial charge is 0.255 e. The van der Waals surface area contributed by atoms with Crippen LogP contribution in [0.5, 0.6) is 11.5 Å². The van der Waals surface area contributed by atoms with Crippen molar-refractivity contribution in [2.45, 2.75) is 32.2 Å². The summed E-state index contributed by atoms with van der Waals surface area (Å²) in [6, 6.07) is 4.83. The molecule has 1 aliphatic rings. The van der Waals surface area contributed by atoms with Crippen molar-refractivity contribution in [1.82, 2.24) is 5.32 Å².